The zero-order valence-electron chi connectivity index (χ0n) is 82.5. The van der Waals surface area contributed by atoms with Crippen LogP contribution >= 0.6 is 0 Å². The van der Waals surface area contributed by atoms with Crippen LogP contribution in [0.15, 0.2) is 97.2 Å². The van der Waals surface area contributed by atoms with Crippen molar-refractivity contribution in [2.75, 3.05) is 45.9 Å². The largest absolute Gasteiger partial charge is 0.508 e. The second kappa shape index (κ2) is 60.5. The Hall–Kier alpha value is -10.4. The lowest BCUT2D eigenvalue weighted by Gasteiger charge is -2.33. The van der Waals surface area contributed by atoms with Crippen LogP contribution < -0.4 is 91.7 Å². The summed E-state index contributed by atoms with van der Waals surface area (Å²) in [4.78, 5) is 242. The third-order valence-electron chi connectivity index (χ3n) is 24.9. The number of carbonyl (C=O) groups is 17. The second-order valence-corrected chi connectivity index (χ2v) is 37.6. The number of Topliss-reactive ketones (excluding diaryl/α,β-unsaturated/α-hetero) is 12. The number of primary amides is 1. The van der Waals surface area contributed by atoms with Crippen molar-refractivity contribution in [2.24, 2.45) is 23.3 Å². The highest BCUT2D eigenvalue weighted by atomic mass is 16.3. The number of ketones is 12. The first-order valence-corrected chi connectivity index (χ1v) is 48.3. The minimum Gasteiger partial charge on any atom is -0.508 e. The van der Waals surface area contributed by atoms with Crippen LogP contribution in [0.4, 0.5) is 0 Å². The molecule has 0 unspecified atom stereocenters. The van der Waals surface area contributed by atoms with Crippen molar-refractivity contribution in [1.29, 1.82) is 0 Å². The molecule has 5 rings (SSSR count). The van der Waals surface area contributed by atoms with Crippen molar-refractivity contribution < 1.29 is 91.7 Å². The lowest BCUT2D eigenvalue weighted by molar-refractivity contribution is -0.142. The summed E-state index contributed by atoms with van der Waals surface area (Å²) in [5.41, 5.74) is 22.3. The van der Waals surface area contributed by atoms with Gasteiger partial charge in [0.15, 0.2) is 57.8 Å². The highest BCUT2D eigenvalue weighted by molar-refractivity contribution is 6.41. The maximum Gasteiger partial charge on any atom is 0.243 e. The third kappa shape index (κ3) is 41.7. The highest BCUT2D eigenvalue weighted by Gasteiger charge is 2.42. The van der Waals surface area contributed by atoms with Gasteiger partial charge in [0, 0.05) is 56.5 Å². The van der Waals surface area contributed by atoms with E-state index in [4.69, 9.17) is 11.5 Å². The van der Waals surface area contributed by atoms with Crippen LogP contribution in [0.1, 0.15) is 236 Å². The van der Waals surface area contributed by atoms with Gasteiger partial charge < -0.3 is 69.2 Å². The Morgan fingerprint density at radius 3 is 1.88 bits per heavy atom. The van der Waals surface area contributed by atoms with E-state index in [0.717, 1.165) is 23.7 Å². The van der Waals surface area contributed by atoms with Crippen molar-refractivity contribution in [1.82, 2.24) is 85.2 Å². The number of para-hydroxylation sites is 1. The number of aliphatic hydroxyl groups excluding tert-OH is 1. The van der Waals surface area contributed by atoms with E-state index in [-0.39, 0.29) is 125 Å². The Morgan fingerprint density at radius 2 is 1.22 bits per heavy atom. The molecule has 0 bridgehead atoms. The number of aromatic nitrogens is 1. The second-order valence-electron chi connectivity index (χ2n) is 37.6. The number of rotatable bonds is 45. The van der Waals surface area contributed by atoms with Crippen LogP contribution in [0.25, 0.3) is 10.9 Å². The molecule has 5 amide bonds. The van der Waals surface area contributed by atoms with Gasteiger partial charge in [-0.2, -0.15) is 0 Å². The Labute approximate surface area is 805 Å². The van der Waals surface area contributed by atoms with Crippen molar-refractivity contribution in [3.05, 3.63) is 114 Å². The number of hydrazine groups is 2. The van der Waals surface area contributed by atoms with Crippen molar-refractivity contribution in [2.45, 2.75) is 334 Å². The smallest absolute Gasteiger partial charge is 0.243 e. The average Bonchev–Trinajstić information content (AvgIpc) is 1.77. The van der Waals surface area contributed by atoms with E-state index in [2.05, 4.69) is 85.2 Å². The monoisotopic (exact) mass is 1910 g/mol. The molecule has 22 N–H and O–H groups in total. The van der Waals surface area contributed by atoms with E-state index in [1.54, 1.807) is 82.4 Å². The van der Waals surface area contributed by atoms with Gasteiger partial charge in [0.05, 0.1) is 123 Å². The lowest BCUT2D eigenvalue weighted by Crippen LogP contribution is -2.64. The summed E-state index contributed by atoms with van der Waals surface area (Å²) in [6, 6.07) is 7.62. The normalized spacial score (nSPS) is 22.2. The number of phenols is 1. The summed E-state index contributed by atoms with van der Waals surface area (Å²) >= 11 is 0. The average molecular weight is 1910 g/mol. The number of aromatic hydroxyl groups is 1. The van der Waals surface area contributed by atoms with Crippen LogP contribution in [-0.2, 0) is 101 Å². The van der Waals surface area contributed by atoms with E-state index in [0.29, 0.717) is 68.1 Å². The minimum absolute atomic E-state index is 0.0137. The molecule has 37 nitrogen and oxygen atoms in total. The van der Waals surface area contributed by atoms with Crippen LogP contribution in [0, 0.1) is 11.8 Å². The molecule has 0 fully saturated rings. The SMILES string of the molecule is CCCC[C@H](NCN[C@@H](C)C(=O)CCN[C@@H](C)C(=O)CC(=O)[C@]1(C)CCCC=CCCCCCC[C@@](C)(NN[C@@H](Cc2ccccc2)C(=O)C(=O)[C@@H](NC(=O)[C@H](CC(C)C)NC(C)=O)[C@@H](C)O)C(=O)CN[C@@H](C)C(=O)CN[C@@H](Cc2ccc(O)cc2)C(=O)N[C@@H](Cc2c[nH]c3ccccc23)C(=O)CN[C@@H](C)C(=O)CC(=O)[C@H](CCC(N)=O)NN[C@@H](CC(C)C)C(=O)N1)C(=O)CN[C@@H](C)C(=O)CN. The molecule has 4 aromatic rings. The molecular formula is C100H154N18O19. The Morgan fingerprint density at radius 1 is 0.584 bits per heavy atom. The summed E-state index contributed by atoms with van der Waals surface area (Å²) in [5.74, 6) is -10.8. The zero-order valence-corrected chi connectivity index (χ0v) is 82.5. The van der Waals surface area contributed by atoms with Crippen molar-refractivity contribution >= 4 is 110 Å². The number of phenolic OH excluding ortho intramolecular Hbond substituents is 1. The summed E-state index contributed by atoms with van der Waals surface area (Å²) in [5, 5.41) is 54.4. The van der Waals surface area contributed by atoms with Crippen LogP contribution in [-0.4, -0.2) is 256 Å². The van der Waals surface area contributed by atoms with Gasteiger partial charge in [-0.3, -0.25) is 97.5 Å². The molecule has 0 saturated carbocycles. The predicted molar refractivity (Wildman–Crippen MR) is 523 cm³/mol. The molecule has 0 aliphatic carbocycles. The fourth-order valence-electron chi connectivity index (χ4n) is 15.7. The van der Waals surface area contributed by atoms with Gasteiger partial charge in [0.25, 0.3) is 0 Å². The number of nitrogens with two attached hydrogens (primary N) is 2. The van der Waals surface area contributed by atoms with Crippen LogP contribution in [0.2, 0.25) is 0 Å². The van der Waals surface area contributed by atoms with Gasteiger partial charge in [-0.15, -0.1) is 0 Å². The molecule has 0 spiro atoms. The van der Waals surface area contributed by atoms with Crippen LogP contribution in [0.5, 0.6) is 5.75 Å². The number of H-pyrrole nitrogens is 1. The Bertz CT molecular complexity index is 4680. The topological polar surface area (TPSA) is 579 Å². The number of fused-ring (bicyclic) bond motifs is 1. The number of aliphatic hydroxyl groups is 1. The highest BCUT2D eigenvalue weighted by Crippen LogP contribution is 2.25. The van der Waals surface area contributed by atoms with E-state index in [1.807, 2.05) is 65.0 Å². The van der Waals surface area contributed by atoms with Gasteiger partial charge in [0.2, 0.25) is 41.1 Å². The van der Waals surface area contributed by atoms with E-state index < -0.39 is 210 Å². The fraction of sp³-hybridized carbons (Fsp3) is 0.610. The molecule has 2 heterocycles. The maximum absolute atomic E-state index is 15.1. The molecule has 1 aromatic heterocycles. The number of hydrogen-bond acceptors (Lipinski definition) is 31. The quantitative estimate of drug-likeness (QED) is 0.00994. The molecule has 1 aliphatic rings. The van der Waals surface area contributed by atoms with Crippen LogP contribution in [0.3, 0.4) is 0 Å². The van der Waals surface area contributed by atoms with Gasteiger partial charge in [-0.25, -0.2) is 21.7 Å². The molecule has 1 aliphatic heterocycles. The molecule has 137 heavy (non-hydrogen) atoms. The first-order chi connectivity index (χ1) is 64.9. The fourth-order valence-corrected chi connectivity index (χ4v) is 15.7. The molecule has 758 valence electrons. The van der Waals surface area contributed by atoms with E-state index in [1.165, 1.54) is 46.8 Å². The number of unbranched alkanes of at least 4 members (excludes halogenated alkanes) is 1. The molecule has 3 aromatic carbocycles. The molecular weight excluding hydrogens is 1760 g/mol. The summed E-state index contributed by atoms with van der Waals surface area (Å²) in [6.45, 7) is 21.3. The van der Waals surface area contributed by atoms with Gasteiger partial charge in [0.1, 0.15) is 23.9 Å². The number of nitrogens with one attached hydrogen (secondary N) is 16. The number of amides is 5. The molecule has 0 radical (unpaired) electrons. The minimum atomic E-state index is -1.76. The zero-order chi connectivity index (χ0) is 102. The molecule has 0 saturated heterocycles. The Kier molecular flexibility index (Phi) is 51.7. The summed E-state index contributed by atoms with van der Waals surface area (Å²) in [7, 11) is 0. The third-order valence-corrected chi connectivity index (χ3v) is 24.9. The number of allylic oxidation sites excluding steroid dienone is 2. The summed E-state index contributed by atoms with van der Waals surface area (Å²) in [6.07, 6.45) is 8.02. The maximum atomic E-state index is 15.1. The van der Waals surface area contributed by atoms with Crippen molar-refractivity contribution in [3.63, 3.8) is 0 Å². The number of hydrogen-bond donors (Lipinski definition) is 20. The van der Waals surface area contributed by atoms with Gasteiger partial charge >= 0.3 is 0 Å². The number of carbonyl (C=O) groups excluding carboxylic acids is 17. The molecule has 16 atom stereocenters. The lowest BCUT2D eigenvalue weighted by atomic mass is 9.86. The first-order valence-electron chi connectivity index (χ1n) is 48.3. The standard InChI is InChI=1S/C100H154N18O19/c1-15-16-34-75(88(128)56-105-65(9)86(126)53-101)110-59-109-62(6)82(122)42-45-103-63(7)84(124)52-90(130)99(13)43-29-22-20-18-17-19-21-23-30-44-100(14,118-117-78(48-69-31-25-24-26-32-69)94(133)95(134)93(67(11)119)113-97(136)80(46-60(2)3)111-68(12)120)91(131)58-106-66(10)87(127)55-108-79(49-70-36-38-72(121)39-37-70)96(135)112-77(50-71-54-107-74-35-28-27-33-73(71)74)89(129)57-104-64(8)83(123)51-85(125)76(40-41-92(102)132)115-116-81(47-61(4)5)98(137)114-99/h18,20,24-28,31-33,35-39,54,60-67,75-81,93,103-110,115-119,121H,15-17,19,21-23,29-30,34,40-53,55-59,101H2,1-14H3,(H2,102,132)(H,111,120)(H,112,135)(H,113,136)(H,114,137)/t62-,63-,64-,65-,66-,67+,75-,76-,77-,78-,79-,80-,81-,93-,99-,100+/m0/s1. The predicted octanol–water partition coefficient (Wildman–Crippen LogP) is 3.04. The summed E-state index contributed by atoms with van der Waals surface area (Å²) < 4.78 is 0. The number of benzene rings is 3. The van der Waals surface area contributed by atoms with Gasteiger partial charge in [-0.05, 0) is 179 Å². The molecule has 37 heteroatoms. The van der Waals surface area contributed by atoms with E-state index in [9.17, 15) is 82.1 Å². The van der Waals surface area contributed by atoms with E-state index >= 15 is 9.59 Å². The first kappa shape index (κ1) is 117. The number of aromatic amines is 1. The van der Waals surface area contributed by atoms with Crippen molar-refractivity contribution in [3.8, 4) is 5.75 Å². The Balaban J connectivity index is 1.49. The van der Waals surface area contributed by atoms with Gasteiger partial charge in [-0.1, -0.05) is 140 Å².